The molecule has 88 valence electrons. The molecule has 4 heteroatoms. The van der Waals surface area contributed by atoms with Gasteiger partial charge in [-0.15, -0.1) is 0 Å². The smallest absolute Gasteiger partial charge is 0.148 e. The molecule has 0 saturated carbocycles. The van der Waals surface area contributed by atoms with Gasteiger partial charge in [0.2, 0.25) is 0 Å². The molecule has 0 amide bonds. The van der Waals surface area contributed by atoms with E-state index in [1.165, 1.54) is 6.07 Å². The van der Waals surface area contributed by atoms with Crippen molar-refractivity contribution < 1.29 is 4.39 Å². The number of nitrogens with two attached hydrogens (primary N) is 1. The highest BCUT2D eigenvalue weighted by Gasteiger charge is 2.06. The van der Waals surface area contributed by atoms with Crippen molar-refractivity contribution in [3.05, 3.63) is 52.3 Å². The van der Waals surface area contributed by atoms with E-state index in [4.69, 9.17) is 5.73 Å². The summed E-state index contributed by atoms with van der Waals surface area (Å²) in [5, 5.41) is 3.13. The molecular formula is C13H12BrFN2. The van der Waals surface area contributed by atoms with Gasteiger partial charge in [0.1, 0.15) is 5.82 Å². The van der Waals surface area contributed by atoms with Crippen LogP contribution < -0.4 is 11.1 Å². The first kappa shape index (κ1) is 11.9. The van der Waals surface area contributed by atoms with Crippen molar-refractivity contribution in [2.45, 2.75) is 6.92 Å². The first-order chi connectivity index (χ1) is 8.08. The largest absolute Gasteiger partial charge is 0.395 e. The molecule has 2 rings (SSSR count). The molecule has 2 aromatic carbocycles. The number of benzene rings is 2. The van der Waals surface area contributed by atoms with Gasteiger partial charge in [0.05, 0.1) is 11.4 Å². The number of anilines is 3. The van der Waals surface area contributed by atoms with Gasteiger partial charge < -0.3 is 11.1 Å². The first-order valence-electron chi connectivity index (χ1n) is 5.15. The molecular weight excluding hydrogens is 283 g/mol. The Kier molecular flexibility index (Phi) is 3.33. The maximum atomic E-state index is 13.3. The summed E-state index contributed by atoms with van der Waals surface area (Å²) < 4.78 is 14.2. The second-order valence-corrected chi connectivity index (χ2v) is 4.70. The van der Waals surface area contributed by atoms with Crippen molar-refractivity contribution in [2.24, 2.45) is 0 Å². The topological polar surface area (TPSA) is 38.0 Å². The van der Waals surface area contributed by atoms with E-state index in [9.17, 15) is 4.39 Å². The van der Waals surface area contributed by atoms with Crippen molar-refractivity contribution in [3.8, 4) is 0 Å². The predicted molar refractivity (Wildman–Crippen MR) is 73.0 cm³/mol. The first-order valence-corrected chi connectivity index (χ1v) is 5.94. The van der Waals surface area contributed by atoms with Crippen LogP contribution in [0.25, 0.3) is 0 Å². The van der Waals surface area contributed by atoms with Crippen LogP contribution in [-0.4, -0.2) is 0 Å². The monoisotopic (exact) mass is 294 g/mol. The van der Waals surface area contributed by atoms with Crippen LogP contribution in [0, 0.1) is 12.7 Å². The lowest BCUT2D eigenvalue weighted by molar-refractivity contribution is 0.633. The van der Waals surface area contributed by atoms with Crippen LogP contribution in [0.5, 0.6) is 0 Å². The van der Waals surface area contributed by atoms with E-state index in [1.54, 1.807) is 12.1 Å². The fourth-order valence-corrected chi connectivity index (χ4v) is 1.88. The van der Waals surface area contributed by atoms with E-state index in [2.05, 4.69) is 21.2 Å². The van der Waals surface area contributed by atoms with Gasteiger partial charge in [-0.05, 0) is 36.8 Å². The molecule has 0 aliphatic heterocycles. The van der Waals surface area contributed by atoms with Gasteiger partial charge in [-0.25, -0.2) is 4.39 Å². The van der Waals surface area contributed by atoms with Crippen LogP contribution in [0.3, 0.4) is 0 Å². The number of hydrogen-bond donors (Lipinski definition) is 2. The Bertz CT molecular complexity index is 555. The Balaban J connectivity index is 2.38. The van der Waals surface area contributed by atoms with Gasteiger partial charge in [0, 0.05) is 10.2 Å². The molecule has 0 fully saturated rings. The summed E-state index contributed by atoms with van der Waals surface area (Å²) in [4.78, 5) is 0. The van der Waals surface area contributed by atoms with E-state index in [0.717, 1.165) is 15.7 Å². The second-order valence-electron chi connectivity index (χ2n) is 3.79. The van der Waals surface area contributed by atoms with E-state index < -0.39 is 5.82 Å². The van der Waals surface area contributed by atoms with Crippen molar-refractivity contribution in [1.29, 1.82) is 0 Å². The molecule has 0 saturated heterocycles. The zero-order valence-corrected chi connectivity index (χ0v) is 10.9. The number of para-hydroxylation sites is 1. The number of nitrogens with one attached hydrogen (secondary N) is 1. The summed E-state index contributed by atoms with van der Waals surface area (Å²) in [6.45, 7) is 1.98. The molecule has 3 N–H and O–H groups in total. The number of nitrogen functional groups attached to an aromatic ring is 1. The van der Waals surface area contributed by atoms with Gasteiger partial charge in [-0.1, -0.05) is 28.1 Å². The average molecular weight is 295 g/mol. The molecule has 0 unspecified atom stereocenters. The van der Waals surface area contributed by atoms with Crippen LogP contribution in [0.2, 0.25) is 0 Å². The third-order valence-corrected chi connectivity index (χ3v) is 3.02. The van der Waals surface area contributed by atoms with Gasteiger partial charge in [-0.2, -0.15) is 0 Å². The zero-order chi connectivity index (χ0) is 12.4. The molecule has 0 bridgehead atoms. The Morgan fingerprint density at radius 1 is 1.18 bits per heavy atom. The Morgan fingerprint density at radius 2 is 1.94 bits per heavy atom. The molecule has 0 radical (unpaired) electrons. The molecule has 0 atom stereocenters. The zero-order valence-electron chi connectivity index (χ0n) is 9.30. The van der Waals surface area contributed by atoms with Crippen molar-refractivity contribution in [3.63, 3.8) is 0 Å². The molecule has 2 nitrogen and oxygen atoms in total. The number of rotatable bonds is 2. The highest BCUT2D eigenvalue weighted by atomic mass is 79.9. The molecule has 17 heavy (non-hydrogen) atoms. The summed E-state index contributed by atoms with van der Waals surface area (Å²) in [7, 11) is 0. The standard InChI is InChI=1S/C13H12BrFN2/c1-8-5-6-9(14)7-12(8)17-11-4-2-3-10(15)13(11)16/h2-7,17H,16H2,1H3. The van der Waals surface area contributed by atoms with Crippen LogP contribution >= 0.6 is 15.9 Å². The quantitative estimate of drug-likeness (QED) is 0.814. The van der Waals surface area contributed by atoms with E-state index in [-0.39, 0.29) is 5.69 Å². The van der Waals surface area contributed by atoms with Crippen LogP contribution in [0.4, 0.5) is 21.5 Å². The van der Waals surface area contributed by atoms with Gasteiger partial charge >= 0.3 is 0 Å². The molecule has 0 aliphatic rings. The fourth-order valence-electron chi connectivity index (χ4n) is 1.52. The minimum atomic E-state index is -0.414. The minimum absolute atomic E-state index is 0.131. The van der Waals surface area contributed by atoms with E-state index in [0.29, 0.717) is 5.69 Å². The minimum Gasteiger partial charge on any atom is -0.395 e. The molecule has 0 aromatic heterocycles. The van der Waals surface area contributed by atoms with Crippen LogP contribution in [0.15, 0.2) is 40.9 Å². The van der Waals surface area contributed by atoms with Crippen molar-refractivity contribution in [1.82, 2.24) is 0 Å². The molecule has 2 aromatic rings. The van der Waals surface area contributed by atoms with Crippen LogP contribution in [0.1, 0.15) is 5.56 Å². The predicted octanol–water partition coefficient (Wildman–Crippen LogP) is 4.22. The SMILES string of the molecule is Cc1ccc(Br)cc1Nc1cccc(F)c1N. The van der Waals surface area contributed by atoms with Crippen molar-refractivity contribution >= 4 is 33.0 Å². The highest BCUT2D eigenvalue weighted by molar-refractivity contribution is 9.10. The Labute approximate surface area is 108 Å². The lowest BCUT2D eigenvalue weighted by Crippen LogP contribution is -1.99. The van der Waals surface area contributed by atoms with Crippen molar-refractivity contribution in [2.75, 3.05) is 11.1 Å². The summed E-state index contributed by atoms with van der Waals surface area (Å²) in [5.74, 6) is -0.414. The van der Waals surface area contributed by atoms with Gasteiger partial charge in [0.15, 0.2) is 0 Å². The number of hydrogen-bond acceptors (Lipinski definition) is 2. The van der Waals surface area contributed by atoms with Crippen LogP contribution in [-0.2, 0) is 0 Å². The van der Waals surface area contributed by atoms with E-state index in [1.807, 2.05) is 25.1 Å². The Morgan fingerprint density at radius 3 is 2.71 bits per heavy atom. The summed E-state index contributed by atoms with van der Waals surface area (Å²) in [6.07, 6.45) is 0. The third-order valence-electron chi connectivity index (χ3n) is 2.52. The molecule has 0 heterocycles. The number of halogens is 2. The highest BCUT2D eigenvalue weighted by Crippen LogP contribution is 2.28. The summed E-state index contributed by atoms with van der Waals surface area (Å²) >= 11 is 3.40. The second kappa shape index (κ2) is 4.75. The van der Waals surface area contributed by atoms with Gasteiger partial charge in [-0.3, -0.25) is 0 Å². The maximum Gasteiger partial charge on any atom is 0.148 e. The normalized spacial score (nSPS) is 10.3. The maximum absolute atomic E-state index is 13.3. The van der Waals surface area contributed by atoms with E-state index >= 15 is 0 Å². The summed E-state index contributed by atoms with van der Waals surface area (Å²) in [6, 6.07) is 10.6. The summed E-state index contributed by atoms with van der Waals surface area (Å²) in [5.41, 5.74) is 8.34. The van der Waals surface area contributed by atoms with Gasteiger partial charge in [0.25, 0.3) is 0 Å². The fraction of sp³-hybridized carbons (Fsp3) is 0.0769. The lowest BCUT2D eigenvalue weighted by Gasteiger charge is -2.12. The Hall–Kier alpha value is -1.55. The lowest BCUT2D eigenvalue weighted by atomic mass is 10.2. The third kappa shape index (κ3) is 2.58. The molecule has 0 spiro atoms. The molecule has 0 aliphatic carbocycles. The number of aryl methyl sites for hydroxylation is 1. The average Bonchev–Trinajstić information content (AvgIpc) is 2.30.